The molecular weight excluding hydrogens is 272 g/mol. The highest BCUT2D eigenvalue weighted by atomic mass is 16.5. The molecule has 1 fully saturated rings. The Bertz CT molecular complexity index is 725. The van der Waals surface area contributed by atoms with Crippen LogP contribution < -0.4 is 16.3 Å². The molecule has 0 spiro atoms. The van der Waals surface area contributed by atoms with Gasteiger partial charge in [0.25, 0.3) is 0 Å². The van der Waals surface area contributed by atoms with Crippen molar-refractivity contribution in [2.75, 3.05) is 18.5 Å². The third-order valence-electron chi connectivity index (χ3n) is 3.49. The summed E-state index contributed by atoms with van der Waals surface area (Å²) in [6.45, 7) is 3.14. The molecule has 110 valence electrons. The molecule has 21 heavy (non-hydrogen) atoms. The van der Waals surface area contributed by atoms with Gasteiger partial charge in [0.1, 0.15) is 11.6 Å². The number of morpholine rings is 1. The van der Waals surface area contributed by atoms with Crippen LogP contribution in [0.5, 0.6) is 0 Å². The quantitative estimate of drug-likeness (QED) is 0.809. The van der Waals surface area contributed by atoms with Gasteiger partial charge in [0, 0.05) is 23.7 Å². The standard InChI is InChI=1S/C15H16N2O4/c1-9-14(16-6-7-20-9)15(19)17-11-3-4-12-10(8-11)2-5-13(18)21-12/h2-5,8-9,14,16H,6-7H2,1H3,(H,17,19)/t9-,14+/m1/s1. The number of benzene rings is 1. The average molecular weight is 288 g/mol. The van der Waals surface area contributed by atoms with Crippen molar-refractivity contribution in [2.45, 2.75) is 19.1 Å². The van der Waals surface area contributed by atoms with Crippen LogP contribution >= 0.6 is 0 Å². The number of carbonyl (C=O) groups excluding carboxylic acids is 1. The van der Waals surface area contributed by atoms with E-state index in [-0.39, 0.29) is 18.1 Å². The lowest BCUT2D eigenvalue weighted by Gasteiger charge is -2.29. The molecular formula is C15H16N2O4. The minimum atomic E-state index is -0.392. The molecule has 6 heteroatoms. The van der Waals surface area contributed by atoms with Gasteiger partial charge in [-0.2, -0.15) is 0 Å². The van der Waals surface area contributed by atoms with Gasteiger partial charge in [-0.15, -0.1) is 0 Å². The Labute approximate surface area is 121 Å². The number of amides is 1. The highest BCUT2D eigenvalue weighted by Gasteiger charge is 2.28. The summed E-state index contributed by atoms with van der Waals surface area (Å²) in [4.78, 5) is 23.4. The van der Waals surface area contributed by atoms with Crippen LogP contribution in [0.1, 0.15) is 6.92 Å². The van der Waals surface area contributed by atoms with E-state index in [1.54, 1.807) is 24.3 Å². The summed E-state index contributed by atoms with van der Waals surface area (Å²) in [5.74, 6) is -0.140. The van der Waals surface area contributed by atoms with E-state index in [0.717, 1.165) is 5.39 Å². The minimum absolute atomic E-state index is 0.140. The molecule has 1 aromatic carbocycles. The number of hydrogen-bond donors (Lipinski definition) is 2. The summed E-state index contributed by atoms with van der Waals surface area (Å²) in [7, 11) is 0. The van der Waals surface area contributed by atoms with Crippen molar-refractivity contribution in [3.05, 3.63) is 40.8 Å². The number of anilines is 1. The number of rotatable bonds is 2. The molecule has 0 bridgehead atoms. The van der Waals surface area contributed by atoms with E-state index in [9.17, 15) is 9.59 Å². The van der Waals surface area contributed by atoms with Crippen LogP contribution in [-0.2, 0) is 9.53 Å². The lowest BCUT2D eigenvalue weighted by atomic mass is 10.1. The fourth-order valence-corrected chi connectivity index (χ4v) is 2.40. The van der Waals surface area contributed by atoms with Crippen molar-refractivity contribution in [1.29, 1.82) is 0 Å². The third-order valence-corrected chi connectivity index (χ3v) is 3.49. The Hall–Kier alpha value is -2.18. The molecule has 1 saturated heterocycles. The largest absolute Gasteiger partial charge is 0.423 e. The van der Waals surface area contributed by atoms with Gasteiger partial charge < -0.3 is 19.8 Å². The van der Waals surface area contributed by atoms with E-state index in [0.29, 0.717) is 24.4 Å². The Kier molecular flexibility index (Phi) is 3.72. The summed E-state index contributed by atoms with van der Waals surface area (Å²) < 4.78 is 10.5. The van der Waals surface area contributed by atoms with Gasteiger partial charge in [-0.05, 0) is 31.2 Å². The molecule has 6 nitrogen and oxygen atoms in total. The third kappa shape index (κ3) is 2.96. The Morgan fingerprint density at radius 1 is 1.33 bits per heavy atom. The van der Waals surface area contributed by atoms with Crippen molar-refractivity contribution >= 4 is 22.6 Å². The van der Waals surface area contributed by atoms with Crippen molar-refractivity contribution in [1.82, 2.24) is 5.32 Å². The smallest absolute Gasteiger partial charge is 0.336 e. The fourth-order valence-electron chi connectivity index (χ4n) is 2.40. The lowest BCUT2D eigenvalue weighted by molar-refractivity contribution is -0.123. The minimum Gasteiger partial charge on any atom is -0.423 e. The zero-order valence-corrected chi connectivity index (χ0v) is 11.6. The first-order chi connectivity index (χ1) is 10.1. The van der Waals surface area contributed by atoms with E-state index >= 15 is 0 Å². The monoisotopic (exact) mass is 288 g/mol. The summed E-state index contributed by atoms with van der Waals surface area (Å²) in [5, 5.41) is 6.74. The van der Waals surface area contributed by atoms with Crippen molar-refractivity contribution in [3.8, 4) is 0 Å². The molecule has 2 heterocycles. The zero-order valence-electron chi connectivity index (χ0n) is 11.6. The lowest BCUT2D eigenvalue weighted by Crippen LogP contribution is -2.53. The van der Waals surface area contributed by atoms with E-state index in [2.05, 4.69) is 10.6 Å². The summed E-state index contributed by atoms with van der Waals surface area (Å²) >= 11 is 0. The Balaban J connectivity index is 1.79. The van der Waals surface area contributed by atoms with Crippen LogP contribution in [0.4, 0.5) is 5.69 Å². The van der Waals surface area contributed by atoms with Crippen LogP contribution in [-0.4, -0.2) is 31.2 Å². The van der Waals surface area contributed by atoms with Crippen molar-refractivity contribution in [3.63, 3.8) is 0 Å². The summed E-state index contributed by atoms with van der Waals surface area (Å²) in [5.41, 5.74) is 0.755. The first-order valence-electron chi connectivity index (χ1n) is 6.83. The molecule has 0 aliphatic carbocycles. The van der Waals surface area contributed by atoms with Crippen LogP contribution in [0.3, 0.4) is 0 Å². The highest BCUT2D eigenvalue weighted by molar-refractivity contribution is 5.97. The second-order valence-corrected chi connectivity index (χ2v) is 5.00. The average Bonchev–Trinajstić information content (AvgIpc) is 2.48. The topological polar surface area (TPSA) is 80.6 Å². The number of nitrogens with one attached hydrogen (secondary N) is 2. The molecule has 2 N–H and O–H groups in total. The molecule has 0 radical (unpaired) electrons. The van der Waals surface area contributed by atoms with Crippen molar-refractivity contribution in [2.24, 2.45) is 0 Å². The van der Waals surface area contributed by atoms with E-state index < -0.39 is 5.63 Å². The van der Waals surface area contributed by atoms with E-state index in [1.165, 1.54) is 6.07 Å². The van der Waals surface area contributed by atoms with Gasteiger partial charge in [-0.1, -0.05) is 0 Å². The van der Waals surface area contributed by atoms with Gasteiger partial charge in [-0.25, -0.2) is 4.79 Å². The molecule has 0 saturated carbocycles. The van der Waals surface area contributed by atoms with Gasteiger partial charge in [0.15, 0.2) is 0 Å². The van der Waals surface area contributed by atoms with Gasteiger partial charge in [-0.3, -0.25) is 4.79 Å². The number of carbonyl (C=O) groups is 1. The molecule has 0 unspecified atom stereocenters. The van der Waals surface area contributed by atoms with Gasteiger partial charge >= 0.3 is 5.63 Å². The van der Waals surface area contributed by atoms with Crippen LogP contribution in [0.15, 0.2) is 39.5 Å². The molecule has 1 aliphatic heterocycles. The van der Waals surface area contributed by atoms with Crippen LogP contribution in [0.25, 0.3) is 11.0 Å². The first-order valence-corrected chi connectivity index (χ1v) is 6.83. The highest BCUT2D eigenvalue weighted by Crippen LogP contribution is 2.18. The SMILES string of the molecule is C[C@H]1OCCN[C@@H]1C(=O)Nc1ccc2oc(=O)ccc2c1. The Morgan fingerprint density at radius 3 is 3.00 bits per heavy atom. The molecule has 3 rings (SSSR count). The van der Waals surface area contributed by atoms with Gasteiger partial charge in [0.05, 0.1) is 12.7 Å². The predicted molar refractivity (Wildman–Crippen MR) is 78.3 cm³/mol. The number of ether oxygens (including phenoxy) is 1. The molecule has 2 aromatic rings. The molecule has 1 aliphatic rings. The van der Waals surface area contributed by atoms with Crippen LogP contribution in [0, 0.1) is 0 Å². The number of hydrogen-bond acceptors (Lipinski definition) is 5. The maximum absolute atomic E-state index is 12.2. The van der Waals surface area contributed by atoms with Gasteiger partial charge in [0.2, 0.25) is 5.91 Å². The normalized spacial score (nSPS) is 22.1. The summed E-state index contributed by atoms with van der Waals surface area (Å²) in [6.07, 6.45) is -0.169. The Morgan fingerprint density at radius 2 is 2.19 bits per heavy atom. The van der Waals surface area contributed by atoms with Crippen LogP contribution in [0.2, 0.25) is 0 Å². The maximum atomic E-state index is 12.2. The van der Waals surface area contributed by atoms with Crippen molar-refractivity contribution < 1.29 is 13.9 Å². The summed E-state index contributed by atoms with van der Waals surface area (Å²) in [6, 6.07) is 7.79. The zero-order chi connectivity index (χ0) is 14.8. The predicted octanol–water partition coefficient (Wildman–Crippen LogP) is 1.11. The second-order valence-electron chi connectivity index (χ2n) is 5.00. The molecule has 1 aromatic heterocycles. The first kappa shape index (κ1) is 13.8. The van der Waals surface area contributed by atoms with E-state index in [1.807, 2.05) is 6.92 Å². The molecule has 2 atom stereocenters. The molecule has 1 amide bonds. The maximum Gasteiger partial charge on any atom is 0.336 e. The fraction of sp³-hybridized carbons (Fsp3) is 0.333. The number of fused-ring (bicyclic) bond motifs is 1. The second kappa shape index (κ2) is 5.67. The van der Waals surface area contributed by atoms with E-state index in [4.69, 9.17) is 9.15 Å².